The third-order valence-corrected chi connectivity index (χ3v) is 3.08. The summed E-state index contributed by atoms with van der Waals surface area (Å²) in [6.45, 7) is 2.93. The second-order valence-corrected chi connectivity index (χ2v) is 4.17. The van der Waals surface area contributed by atoms with E-state index < -0.39 is 4.92 Å². The Labute approximate surface area is 98.2 Å². The van der Waals surface area contributed by atoms with Crippen molar-refractivity contribution in [2.75, 3.05) is 13.1 Å². The molecular formula is C10H14N4O3. The summed E-state index contributed by atoms with van der Waals surface area (Å²) < 4.78 is 1.63. The zero-order valence-electron chi connectivity index (χ0n) is 9.57. The van der Waals surface area contributed by atoms with Crippen LogP contribution in [0.15, 0.2) is 12.4 Å². The average molecular weight is 238 g/mol. The molecule has 0 N–H and O–H groups in total. The SMILES string of the molecule is CC(=O)N1CCC(n2cc([N+](=O)[O-])cn2)CC1. The van der Waals surface area contributed by atoms with Gasteiger partial charge in [-0.05, 0) is 12.8 Å². The first-order valence-electron chi connectivity index (χ1n) is 5.52. The molecule has 1 saturated heterocycles. The minimum atomic E-state index is -0.450. The van der Waals surface area contributed by atoms with E-state index in [0.717, 1.165) is 12.8 Å². The highest BCUT2D eigenvalue weighted by Crippen LogP contribution is 2.23. The van der Waals surface area contributed by atoms with Gasteiger partial charge in [-0.15, -0.1) is 0 Å². The summed E-state index contributed by atoms with van der Waals surface area (Å²) >= 11 is 0. The molecule has 0 radical (unpaired) electrons. The van der Waals surface area contributed by atoms with E-state index in [1.54, 1.807) is 16.5 Å². The molecule has 1 aromatic rings. The van der Waals surface area contributed by atoms with Gasteiger partial charge in [-0.1, -0.05) is 0 Å². The fourth-order valence-corrected chi connectivity index (χ4v) is 2.07. The summed E-state index contributed by atoms with van der Waals surface area (Å²) in [4.78, 5) is 23.0. The van der Waals surface area contributed by atoms with Crippen LogP contribution in [0.5, 0.6) is 0 Å². The second-order valence-electron chi connectivity index (χ2n) is 4.17. The van der Waals surface area contributed by atoms with Gasteiger partial charge in [-0.3, -0.25) is 19.6 Å². The quantitative estimate of drug-likeness (QED) is 0.568. The molecule has 1 aliphatic rings. The fourth-order valence-electron chi connectivity index (χ4n) is 2.07. The first-order valence-corrected chi connectivity index (χ1v) is 5.52. The van der Waals surface area contributed by atoms with E-state index in [9.17, 15) is 14.9 Å². The molecule has 1 amide bonds. The number of amides is 1. The Bertz CT molecular complexity index is 435. The fraction of sp³-hybridized carbons (Fsp3) is 0.600. The summed E-state index contributed by atoms with van der Waals surface area (Å²) in [6.07, 6.45) is 4.29. The smallest absolute Gasteiger partial charge is 0.307 e. The van der Waals surface area contributed by atoms with Gasteiger partial charge in [0, 0.05) is 20.0 Å². The Balaban J connectivity index is 2.00. The van der Waals surface area contributed by atoms with Crippen molar-refractivity contribution in [2.45, 2.75) is 25.8 Å². The van der Waals surface area contributed by atoms with Crippen LogP contribution < -0.4 is 0 Å². The maximum atomic E-state index is 11.1. The van der Waals surface area contributed by atoms with E-state index in [4.69, 9.17) is 0 Å². The van der Waals surface area contributed by atoms with Crippen LogP contribution in [0.3, 0.4) is 0 Å². The molecule has 0 spiro atoms. The van der Waals surface area contributed by atoms with Gasteiger partial charge in [0.2, 0.25) is 5.91 Å². The predicted octanol–water partition coefficient (Wildman–Crippen LogP) is 0.975. The number of aromatic nitrogens is 2. The summed E-state index contributed by atoms with van der Waals surface area (Å²) in [5.41, 5.74) is 0.0130. The Hall–Kier alpha value is -1.92. The molecule has 1 aliphatic heterocycles. The van der Waals surface area contributed by atoms with Crippen molar-refractivity contribution < 1.29 is 9.72 Å². The van der Waals surface area contributed by atoms with Gasteiger partial charge in [0.25, 0.3) is 0 Å². The molecule has 92 valence electrons. The minimum Gasteiger partial charge on any atom is -0.343 e. The van der Waals surface area contributed by atoms with Gasteiger partial charge in [0.1, 0.15) is 12.4 Å². The van der Waals surface area contributed by atoms with Crippen LogP contribution in [0.25, 0.3) is 0 Å². The lowest BCUT2D eigenvalue weighted by Gasteiger charge is -2.31. The highest BCUT2D eigenvalue weighted by molar-refractivity contribution is 5.73. The molecule has 0 atom stereocenters. The van der Waals surface area contributed by atoms with Crippen LogP contribution in [-0.2, 0) is 4.79 Å². The summed E-state index contributed by atoms with van der Waals surface area (Å²) in [6, 6.07) is 0.152. The standard InChI is InChI=1S/C10H14N4O3/c1-8(15)12-4-2-9(3-5-12)13-7-10(6-11-13)14(16)17/h6-7,9H,2-5H2,1H3. The highest BCUT2D eigenvalue weighted by Gasteiger charge is 2.23. The summed E-state index contributed by atoms with van der Waals surface area (Å²) in [7, 11) is 0. The van der Waals surface area contributed by atoms with Crippen molar-refractivity contribution in [2.24, 2.45) is 0 Å². The number of rotatable bonds is 2. The van der Waals surface area contributed by atoms with Crippen LogP contribution in [0.4, 0.5) is 5.69 Å². The number of likely N-dealkylation sites (tertiary alicyclic amines) is 1. The topological polar surface area (TPSA) is 81.3 Å². The molecule has 17 heavy (non-hydrogen) atoms. The lowest BCUT2D eigenvalue weighted by Crippen LogP contribution is -2.37. The summed E-state index contributed by atoms with van der Waals surface area (Å²) in [5.74, 6) is 0.0786. The maximum Gasteiger partial charge on any atom is 0.307 e. The molecule has 0 saturated carbocycles. The number of carbonyl (C=O) groups is 1. The van der Waals surface area contributed by atoms with Crippen molar-refractivity contribution in [3.63, 3.8) is 0 Å². The molecule has 1 aromatic heterocycles. The van der Waals surface area contributed by atoms with Crippen LogP contribution in [-0.4, -0.2) is 38.6 Å². The van der Waals surface area contributed by atoms with Gasteiger partial charge in [0.15, 0.2) is 0 Å². The first kappa shape index (κ1) is 11.6. The molecule has 1 fully saturated rings. The van der Waals surface area contributed by atoms with Crippen LogP contribution in [0.1, 0.15) is 25.8 Å². The highest BCUT2D eigenvalue weighted by atomic mass is 16.6. The van der Waals surface area contributed by atoms with Gasteiger partial charge in [0.05, 0.1) is 11.0 Å². The third-order valence-electron chi connectivity index (χ3n) is 3.08. The lowest BCUT2D eigenvalue weighted by molar-refractivity contribution is -0.385. The van der Waals surface area contributed by atoms with E-state index in [2.05, 4.69) is 5.10 Å². The number of hydrogen-bond donors (Lipinski definition) is 0. The Kier molecular flexibility index (Phi) is 3.08. The third kappa shape index (κ3) is 2.43. The zero-order valence-corrected chi connectivity index (χ0v) is 9.57. The lowest BCUT2D eigenvalue weighted by atomic mass is 10.1. The van der Waals surface area contributed by atoms with Gasteiger partial charge < -0.3 is 4.90 Å². The molecule has 0 aromatic carbocycles. The van der Waals surface area contributed by atoms with Crippen LogP contribution in [0.2, 0.25) is 0 Å². The number of piperidine rings is 1. The predicted molar refractivity (Wildman–Crippen MR) is 59.4 cm³/mol. The Morgan fingerprint density at radius 2 is 2.18 bits per heavy atom. The van der Waals surface area contributed by atoms with Crippen LogP contribution >= 0.6 is 0 Å². The molecule has 0 bridgehead atoms. The molecule has 7 heteroatoms. The van der Waals surface area contributed by atoms with E-state index >= 15 is 0 Å². The van der Waals surface area contributed by atoms with E-state index in [0.29, 0.717) is 13.1 Å². The molecule has 0 unspecified atom stereocenters. The van der Waals surface area contributed by atoms with Crippen molar-refractivity contribution >= 4 is 11.6 Å². The average Bonchev–Trinajstić information content (AvgIpc) is 2.78. The van der Waals surface area contributed by atoms with Crippen molar-refractivity contribution in [1.29, 1.82) is 0 Å². The number of hydrogen-bond acceptors (Lipinski definition) is 4. The van der Waals surface area contributed by atoms with Crippen molar-refractivity contribution in [3.05, 3.63) is 22.5 Å². The van der Waals surface area contributed by atoms with Crippen molar-refractivity contribution in [3.8, 4) is 0 Å². The van der Waals surface area contributed by atoms with E-state index in [1.807, 2.05) is 0 Å². The number of nitrogens with zero attached hydrogens (tertiary/aromatic N) is 4. The van der Waals surface area contributed by atoms with E-state index in [-0.39, 0.29) is 17.6 Å². The Morgan fingerprint density at radius 1 is 1.53 bits per heavy atom. The zero-order chi connectivity index (χ0) is 12.4. The van der Waals surface area contributed by atoms with Gasteiger partial charge in [-0.25, -0.2) is 0 Å². The minimum absolute atomic E-state index is 0.0130. The monoisotopic (exact) mass is 238 g/mol. The largest absolute Gasteiger partial charge is 0.343 e. The van der Waals surface area contributed by atoms with Gasteiger partial charge in [-0.2, -0.15) is 5.10 Å². The van der Waals surface area contributed by atoms with Crippen LogP contribution in [0, 0.1) is 10.1 Å². The second kappa shape index (κ2) is 4.52. The molecule has 2 rings (SSSR count). The van der Waals surface area contributed by atoms with Gasteiger partial charge >= 0.3 is 5.69 Å². The number of carbonyl (C=O) groups excluding carboxylic acids is 1. The van der Waals surface area contributed by atoms with Crippen molar-refractivity contribution in [1.82, 2.24) is 14.7 Å². The molecule has 7 nitrogen and oxygen atoms in total. The molecule has 2 heterocycles. The first-order chi connectivity index (χ1) is 8.08. The normalized spacial score (nSPS) is 17.1. The summed E-state index contributed by atoms with van der Waals surface area (Å²) in [5, 5.41) is 14.5. The maximum absolute atomic E-state index is 11.1. The Morgan fingerprint density at radius 3 is 2.65 bits per heavy atom. The molecular weight excluding hydrogens is 224 g/mol. The molecule has 0 aliphatic carbocycles. The number of nitro groups is 1. The van der Waals surface area contributed by atoms with E-state index in [1.165, 1.54) is 12.4 Å².